The van der Waals surface area contributed by atoms with E-state index in [1.54, 1.807) is 12.8 Å². The van der Waals surface area contributed by atoms with E-state index in [2.05, 4.69) is 27.7 Å². The standard InChI is InChI=1S/C14H22/c1-7(2)9(4)10-6-14(10)11-12(14)13(11)5-8(13)3/h7-12H,5-6H2,1-4H3. The van der Waals surface area contributed by atoms with E-state index in [1.807, 2.05) is 0 Å². The number of rotatable bonds is 2. The molecule has 78 valence electrons. The third-order valence-electron chi connectivity index (χ3n) is 6.64. The summed E-state index contributed by atoms with van der Waals surface area (Å²) in [5, 5.41) is 0. The SMILES string of the molecule is CC(C)C(C)C1CC12C1C2C12CC2C. The summed E-state index contributed by atoms with van der Waals surface area (Å²) >= 11 is 0. The van der Waals surface area contributed by atoms with Crippen LogP contribution >= 0.6 is 0 Å². The average Bonchev–Trinajstić information content (AvgIpc) is 2.93. The Morgan fingerprint density at radius 1 is 1.00 bits per heavy atom. The first-order chi connectivity index (χ1) is 6.57. The van der Waals surface area contributed by atoms with Crippen LogP contribution in [0.25, 0.3) is 0 Å². The van der Waals surface area contributed by atoms with E-state index in [1.165, 1.54) is 11.8 Å². The first kappa shape index (κ1) is 8.19. The molecule has 2 spiro atoms. The van der Waals surface area contributed by atoms with Crippen molar-refractivity contribution in [2.45, 2.75) is 40.5 Å². The lowest BCUT2D eigenvalue weighted by Gasteiger charge is -2.18. The van der Waals surface area contributed by atoms with Gasteiger partial charge in [0, 0.05) is 0 Å². The monoisotopic (exact) mass is 190 g/mol. The minimum Gasteiger partial charge on any atom is -0.0625 e. The number of hydrogen-bond acceptors (Lipinski definition) is 0. The summed E-state index contributed by atoms with van der Waals surface area (Å²) in [6, 6.07) is 0. The summed E-state index contributed by atoms with van der Waals surface area (Å²) in [7, 11) is 0. The van der Waals surface area contributed by atoms with Gasteiger partial charge in [-0.05, 0) is 59.2 Å². The highest BCUT2D eigenvalue weighted by atomic mass is 15.1. The largest absolute Gasteiger partial charge is 0.0625 e. The van der Waals surface area contributed by atoms with Crippen LogP contribution in [-0.4, -0.2) is 0 Å². The predicted octanol–water partition coefficient (Wildman–Crippen LogP) is 3.57. The fraction of sp³-hybridized carbons (Fsp3) is 1.00. The van der Waals surface area contributed by atoms with Gasteiger partial charge >= 0.3 is 0 Å². The maximum Gasteiger partial charge on any atom is -0.0190 e. The van der Waals surface area contributed by atoms with Gasteiger partial charge in [-0.25, -0.2) is 0 Å². The summed E-state index contributed by atoms with van der Waals surface area (Å²) in [5.41, 5.74) is 1.92. The Hall–Kier alpha value is 0. The Morgan fingerprint density at radius 2 is 1.57 bits per heavy atom. The van der Waals surface area contributed by atoms with Gasteiger partial charge in [-0.15, -0.1) is 0 Å². The van der Waals surface area contributed by atoms with Crippen LogP contribution in [0.5, 0.6) is 0 Å². The normalized spacial score (nSPS) is 68.4. The Morgan fingerprint density at radius 3 is 2.00 bits per heavy atom. The van der Waals surface area contributed by atoms with Gasteiger partial charge < -0.3 is 0 Å². The van der Waals surface area contributed by atoms with Crippen molar-refractivity contribution in [2.24, 2.45) is 46.3 Å². The second-order valence-corrected chi connectivity index (χ2v) is 7.20. The van der Waals surface area contributed by atoms with Crippen molar-refractivity contribution in [3.8, 4) is 0 Å². The van der Waals surface area contributed by atoms with E-state index in [-0.39, 0.29) is 0 Å². The molecule has 5 atom stereocenters. The molecule has 0 aromatic heterocycles. The van der Waals surface area contributed by atoms with Gasteiger partial charge in [-0.1, -0.05) is 27.7 Å². The van der Waals surface area contributed by atoms with Crippen molar-refractivity contribution < 1.29 is 0 Å². The Labute approximate surface area is 87.5 Å². The fourth-order valence-corrected chi connectivity index (χ4v) is 5.34. The summed E-state index contributed by atoms with van der Waals surface area (Å²) < 4.78 is 0. The third kappa shape index (κ3) is 0.581. The van der Waals surface area contributed by atoms with Crippen molar-refractivity contribution in [2.75, 3.05) is 0 Å². The Kier molecular flexibility index (Phi) is 1.07. The maximum atomic E-state index is 2.49. The lowest BCUT2D eigenvalue weighted by Crippen LogP contribution is -2.13. The fourth-order valence-electron chi connectivity index (χ4n) is 5.34. The van der Waals surface area contributed by atoms with Crippen LogP contribution in [0, 0.1) is 46.3 Å². The van der Waals surface area contributed by atoms with Crippen LogP contribution in [0.1, 0.15) is 40.5 Å². The molecule has 0 N–H and O–H groups in total. The molecule has 0 nitrogen and oxygen atoms in total. The number of fused-ring (bicyclic) bond motifs is 5. The minimum atomic E-state index is 0.909. The van der Waals surface area contributed by atoms with Gasteiger partial charge in [0.1, 0.15) is 0 Å². The first-order valence-electron chi connectivity index (χ1n) is 6.57. The van der Waals surface area contributed by atoms with Gasteiger partial charge in [0.15, 0.2) is 0 Å². The lowest BCUT2D eigenvalue weighted by atomic mass is 9.86. The molecule has 0 aliphatic heterocycles. The quantitative estimate of drug-likeness (QED) is 0.624. The summed E-state index contributed by atoms with van der Waals surface area (Å²) in [4.78, 5) is 0. The molecule has 0 amide bonds. The molecule has 0 heteroatoms. The molecule has 4 aliphatic carbocycles. The summed E-state index contributed by atoms with van der Waals surface area (Å²) in [6.07, 6.45) is 3.20. The second-order valence-electron chi connectivity index (χ2n) is 7.20. The molecule has 5 unspecified atom stereocenters. The Bertz CT molecular complexity index is 304. The molecule has 14 heavy (non-hydrogen) atoms. The van der Waals surface area contributed by atoms with Crippen molar-refractivity contribution in [3.05, 3.63) is 0 Å². The molecule has 0 aromatic carbocycles. The average molecular weight is 190 g/mol. The molecular weight excluding hydrogens is 168 g/mol. The van der Waals surface area contributed by atoms with E-state index < -0.39 is 0 Å². The van der Waals surface area contributed by atoms with Crippen molar-refractivity contribution in [1.29, 1.82) is 0 Å². The van der Waals surface area contributed by atoms with Crippen LogP contribution in [0.3, 0.4) is 0 Å². The summed E-state index contributed by atoms with van der Waals surface area (Å²) in [6.45, 7) is 9.77. The maximum absolute atomic E-state index is 2.49. The predicted molar refractivity (Wildman–Crippen MR) is 57.7 cm³/mol. The molecule has 4 aliphatic rings. The molecule has 0 bridgehead atoms. The Balaban J connectivity index is 1.46. The smallest absolute Gasteiger partial charge is 0.0190 e. The van der Waals surface area contributed by atoms with Crippen LogP contribution < -0.4 is 0 Å². The molecule has 0 aromatic rings. The van der Waals surface area contributed by atoms with E-state index in [9.17, 15) is 0 Å². The molecule has 0 radical (unpaired) electrons. The second kappa shape index (κ2) is 1.83. The highest BCUT2D eigenvalue weighted by Gasteiger charge is 3.02. The van der Waals surface area contributed by atoms with Crippen LogP contribution in [-0.2, 0) is 0 Å². The third-order valence-corrected chi connectivity index (χ3v) is 6.64. The van der Waals surface area contributed by atoms with Gasteiger partial charge in [0.05, 0.1) is 0 Å². The van der Waals surface area contributed by atoms with Crippen LogP contribution in [0.15, 0.2) is 0 Å². The highest BCUT2D eigenvalue weighted by molar-refractivity contribution is 5.49. The highest BCUT2D eigenvalue weighted by Crippen LogP contribution is 3.07. The van der Waals surface area contributed by atoms with Gasteiger partial charge in [-0.2, -0.15) is 0 Å². The van der Waals surface area contributed by atoms with Crippen LogP contribution in [0.2, 0.25) is 0 Å². The van der Waals surface area contributed by atoms with E-state index in [0.29, 0.717) is 0 Å². The van der Waals surface area contributed by atoms with Gasteiger partial charge in [-0.3, -0.25) is 0 Å². The molecular formula is C14H22. The minimum absolute atomic E-state index is 0.909. The zero-order valence-electron chi connectivity index (χ0n) is 9.88. The lowest BCUT2D eigenvalue weighted by molar-refractivity contribution is 0.294. The van der Waals surface area contributed by atoms with Gasteiger partial charge in [0.2, 0.25) is 0 Å². The molecule has 0 heterocycles. The van der Waals surface area contributed by atoms with E-state index in [0.717, 1.165) is 34.5 Å². The van der Waals surface area contributed by atoms with E-state index in [4.69, 9.17) is 0 Å². The van der Waals surface area contributed by atoms with Crippen molar-refractivity contribution in [3.63, 3.8) is 0 Å². The molecule has 0 saturated heterocycles. The van der Waals surface area contributed by atoms with Gasteiger partial charge in [0.25, 0.3) is 0 Å². The van der Waals surface area contributed by atoms with Crippen molar-refractivity contribution >= 4 is 0 Å². The number of hydrogen-bond donors (Lipinski definition) is 0. The zero-order chi connectivity index (χ0) is 9.88. The molecule has 4 rings (SSSR count). The zero-order valence-corrected chi connectivity index (χ0v) is 9.88. The van der Waals surface area contributed by atoms with Crippen LogP contribution in [0.4, 0.5) is 0 Å². The topological polar surface area (TPSA) is 0 Å². The van der Waals surface area contributed by atoms with E-state index >= 15 is 0 Å². The summed E-state index contributed by atoms with van der Waals surface area (Å²) in [5.74, 6) is 6.61. The molecule has 4 saturated carbocycles. The van der Waals surface area contributed by atoms with Crippen molar-refractivity contribution in [1.82, 2.24) is 0 Å². The molecule has 4 fully saturated rings. The first-order valence-corrected chi connectivity index (χ1v) is 6.57.